The summed E-state index contributed by atoms with van der Waals surface area (Å²) in [5.41, 5.74) is 5.03. The van der Waals surface area contributed by atoms with Crippen LogP contribution in [0.4, 0.5) is 4.79 Å². The number of urea groups is 1. The van der Waals surface area contributed by atoms with Crippen molar-refractivity contribution in [2.75, 3.05) is 7.11 Å². The van der Waals surface area contributed by atoms with Gasteiger partial charge in [-0.25, -0.2) is 9.48 Å². The van der Waals surface area contributed by atoms with Gasteiger partial charge in [0.05, 0.1) is 36.8 Å². The first-order valence-electron chi connectivity index (χ1n) is 12.7. The molecule has 1 saturated carbocycles. The van der Waals surface area contributed by atoms with E-state index in [1.807, 2.05) is 52.9 Å². The highest BCUT2D eigenvalue weighted by atomic mass is 16.5. The molecule has 6 rings (SSSR count). The van der Waals surface area contributed by atoms with Gasteiger partial charge in [-0.05, 0) is 61.7 Å². The lowest BCUT2D eigenvalue weighted by Crippen LogP contribution is -2.45. The van der Waals surface area contributed by atoms with Crippen molar-refractivity contribution in [1.82, 2.24) is 24.6 Å². The van der Waals surface area contributed by atoms with Crippen molar-refractivity contribution in [3.63, 3.8) is 0 Å². The number of nitrogens with one attached hydrogen (secondary N) is 1. The Labute approximate surface area is 211 Å². The first-order valence-corrected chi connectivity index (χ1v) is 12.7. The molecule has 1 atom stereocenters. The van der Waals surface area contributed by atoms with Crippen molar-refractivity contribution in [3.05, 3.63) is 95.4 Å². The number of hydrogen-bond donors (Lipinski definition) is 1. The highest BCUT2D eigenvalue weighted by Gasteiger charge is 2.36. The molecule has 0 saturated heterocycles. The number of aromatic nitrogens is 3. The average molecular weight is 482 g/mol. The molecule has 7 heteroatoms. The van der Waals surface area contributed by atoms with E-state index in [1.165, 1.54) is 12.8 Å². The van der Waals surface area contributed by atoms with Crippen LogP contribution in [0, 0.1) is 6.92 Å². The van der Waals surface area contributed by atoms with E-state index in [1.54, 1.807) is 7.11 Å². The molecule has 2 aromatic carbocycles. The van der Waals surface area contributed by atoms with Gasteiger partial charge in [0.15, 0.2) is 0 Å². The third kappa shape index (κ3) is 3.85. The largest absolute Gasteiger partial charge is 0.497 e. The van der Waals surface area contributed by atoms with Gasteiger partial charge in [0.2, 0.25) is 0 Å². The molecule has 3 heterocycles. The van der Waals surface area contributed by atoms with E-state index in [9.17, 15) is 4.79 Å². The molecule has 1 N–H and O–H groups in total. The van der Waals surface area contributed by atoms with Gasteiger partial charge in [-0.3, -0.25) is 0 Å². The fraction of sp³-hybridized carbons (Fsp3) is 0.310. The second kappa shape index (κ2) is 9.22. The molecule has 4 aromatic rings. The van der Waals surface area contributed by atoms with Crippen LogP contribution in [-0.4, -0.2) is 38.4 Å². The normalized spacial score (nSPS) is 17.4. The van der Waals surface area contributed by atoms with E-state index in [-0.39, 0.29) is 18.1 Å². The Morgan fingerprint density at radius 2 is 1.75 bits per heavy atom. The summed E-state index contributed by atoms with van der Waals surface area (Å²) in [5.74, 6) is 1.77. The average Bonchev–Trinajstić information content (AvgIpc) is 3.64. The third-order valence-corrected chi connectivity index (χ3v) is 7.46. The summed E-state index contributed by atoms with van der Waals surface area (Å²) in [6.07, 6.45) is 6.49. The van der Waals surface area contributed by atoms with Crippen molar-refractivity contribution in [3.8, 4) is 17.3 Å². The van der Waals surface area contributed by atoms with E-state index in [0.29, 0.717) is 6.54 Å². The number of nitrogens with zero attached hydrogens (tertiary/aromatic N) is 4. The molecular formula is C29H31N5O2. The fourth-order valence-electron chi connectivity index (χ4n) is 5.61. The number of rotatable bonds is 4. The first kappa shape index (κ1) is 22.5. The minimum Gasteiger partial charge on any atom is -0.497 e. The van der Waals surface area contributed by atoms with Crippen molar-refractivity contribution >= 4 is 6.03 Å². The summed E-state index contributed by atoms with van der Waals surface area (Å²) in [5, 5.41) is 8.26. The van der Waals surface area contributed by atoms with Gasteiger partial charge in [-0.15, -0.1) is 0 Å². The Bertz CT molecular complexity index is 1370. The van der Waals surface area contributed by atoms with Gasteiger partial charge in [0.25, 0.3) is 0 Å². The molecule has 184 valence electrons. The molecule has 2 aliphatic rings. The number of aryl methyl sites for hydroxylation is 1. The SMILES string of the molecule is COc1ccc([C@@H]2c3cccn3-c3c(c(C)nn3-c3ccccc3)CN2C(=O)NC2CCCC2)cc1. The van der Waals surface area contributed by atoms with Crippen LogP contribution in [-0.2, 0) is 6.54 Å². The smallest absolute Gasteiger partial charge is 0.318 e. The summed E-state index contributed by atoms with van der Waals surface area (Å²) in [7, 11) is 1.67. The van der Waals surface area contributed by atoms with Crippen LogP contribution in [0.2, 0.25) is 0 Å². The standard InChI is InChI=1S/C29H31N5O2/c1-20-25-19-33(29(35)30-22-9-6-7-10-22)27(21-14-16-24(36-2)17-15-21)26-13-8-18-32(26)28(25)34(31-20)23-11-4-3-5-12-23/h3-5,8,11-18,22,27H,6-7,9-10,19H2,1-2H3,(H,30,35)/t27-/m1/s1. The Kier molecular flexibility index (Phi) is 5.76. The zero-order chi connectivity index (χ0) is 24.6. The lowest BCUT2D eigenvalue weighted by Gasteiger charge is -2.32. The Morgan fingerprint density at radius 1 is 1.00 bits per heavy atom. The zero-order valence-electron chi connectivity index (χ0n) is 20.7. The summed E-state index contributed by atoms with van der Waals surface area (Å²) in [6, 6.07) is 22.3. The number of carbonyl (C=O) groups excluding carboxylic acids is 1. The molecule has 7 nitrogen and oxygen atoms in total. The Morgan fingerprint density at radius 3 is 2.47 bits per heavy atom. The fourth-order valence-corrected chi connectivity index (χ4v) is 5.61. The van der Waals surface area contributed by atoms with E-state index < -0.39 is 0 Å². The van der Waals surface area contributed by atoms with Gasteiger partial charge in [0.1, 0.15) is 11.6 Å². The topological polar surface area (TPSA) is 64.3 Å². The van der Waals surface area contributed by atoms with Gasteiger partial charge in [-0.2, -0.15) is 5.10 Å². The molecule has 1 aliphatic carbocycles. The van der Waals surface area contributed by atoms with Crippen LogP contribution in [0.25, 0.3) is 11.5 Å². The second-order valence-electron chi connectivity index (χ2n) is 9.67. The van der Waals surface area contributed by atoms with Crippen LogP contribution in [0.1, 0.15) is 54.2 Å². The van der Waals surface area contributed by atoms with Crippen LogP contribution in [0.3, 0.4) is 0 Å². The molecule has 0 unspecified atom stereocenters. The number of ether oxygens (including phenoxy) is 1. The number of methoxy groups -OCH3 is 1. The number of amides is 2. The highest BCUT2D eigenvalue weighted by molar-refractivity contribution is 5.76. The van der Waals surface area contributed by atoms with Crippen molar-refractivity contribution in [1.29, 1.82) is 0 Å². The van der Waals surface area contributed by atoms with Gasteiger partial charge in [0, 0.05) is 17.8 Å². The first-order chi connectivity index (χ1) is 17.6. The van der Waals surface area contributed by atoms with Crippen LogP contribution in [0.15, 0.2) is 72.9 Å². The van der Waals surface area contributed by atoms with Gasteiger partial charge in [-0.1, -0.05) is 43.2 Å². The summed E-state index contributed by atoms with van der Waals surface area (Å²) < 4.78 is 9.60. The second-order valence-corrected chi connectivity index (χ2v) is 9.67. The molecule has 36 heavy (non-hydrogen) atoms. The van der Waals surface area contributed by atoms with E-state index in [2.05, 4.69) is 46.4 Å². The van der Waals surface area contributed by atoms with Crippen molar-refractivity contribution < 1.29 is 9.53 Å². The summed E-state index contributed by atoms with van der Waals surface area (Å²) in [4.78, 5) is 15.9. The van der Waals surface area contributed by atoms with Gasteiger partial charge < -0.3 is 19.5 Å². The number of fused-ring (bicyclic) bond motifs is 3. The molecule has 0 bridgehead atoms. The van der Waals surface area contributed by atoms with E-state index in [0.717, 1.165) is 52.6 Å². The maximum atomic E-state index is 13.9. The Balaban J connectivity index is 1.52. The minimum absolute atomic E-state index is 0.0322. The lowest BCUT2D eigenvalue weighted by molar-refractivity contribution is 0.176. The molecule has 0 spiro atoms. The van der Waals surface area contributed by atoms with Crippen LogP contribution in [0.5, 0.6) is 5.75 Å². The minimum atomic E-state index is -0.261. The molecular weight excluding hydrogens is 450 g/mol. The zero-order valence-corrected chi connectivity index (χ0v) is 20.7. The number of para-hydroxylation sites is 1. The van der Waals surface area contributed by atoms with Crippen LogP contribution < -0.4 is 10.1 Å². The van der Waals surface area contributed by atoms with Crippen molar-refractivity contribution in [2.45, 2.75) is 51.2 Å². The lowest BCUT2D eigenvalue weighted by atomic mass is 10.0. The van der Waals surface area contributed by atoms with Crippen LogP contribution >= 0.6 is 0 Å². The highest BCUT2D eigenvalue weighted by Crippen LogP contribution is 2.39. The maximum Gasteiger partial charge on any atom is 0.318 e. The monoisotopic (exact) mass is 481 g/mol. The maximum absolute atomic E-state index is 13.9. The quantitative estimate of drug-likeness (QED) is 0.416. The third-order valence-electron chi connectivity index (χ3n) is 7.46. The summed E-state index contributed by atoms with van der Waals surface area (Å²) in [6.45, 7) is 2.49. The predicted octanol–water partition coefficient (Wildman–Crippen LogP) is 5.54. The molecule has 2 aromatic heterocycles. The van der Waals surface area contributed by atoms with Crippen molar-refractivity contribution in [2.24, 2.45) is 0 Å². The summed E-state index contributed by atoms with van der Waals surface area (Å²) >= 11 is 0. The number of hydrogen-bond acceptors (Lipinski definition) is 3. The molecule has 2 amide bonds. The number of carbonyl (C=O) groups is 1. The predicted molar refractivity (Wildman–Crippen MR) is 139 cm³/mol. The van der Waals surface area contributed by atoms with E-state index in [4.69, 9.17) is 9.84 Å². The Hall–Kier alpha value is -4.00. The van der Waals surface area contributed by atoms with E-state index >= 15 is 0 Å². The molecule has 1 aliphatic heterocycles. The van der Waals surface area contributed by atoms with Gasteiger partial charge >= 0.3 is 6.03 Å². The molecule has 1 fully saturated rings. The molecule has 0 radical (unpaired) electrons. The number of benzene rings is 2.